The topological polar surface area (TPSA) is 79.3 Å². The average molecular weight is 412 g/mol. The van der Waals surface area contributed by atoms with Crippen LogP contribution in [-0.2, 0) is 29.1 Å². The van der Waals surface area contributed by atoms with Crippen molar-refractivity contribution in [3.63, 3.8) is 0 Å². The normalized spacial score (nSPS) is 15.8. The maximum Gasteiger partial charge on any atom is 0.242 e. The van der Waals surface area contributed by atoms with Crippen molar-refractivity contribution < 1.29 is 9.59 Å². The summed E-state index contributed by atoms with van der Waals surface area (Å²) < 4.78 is 2.25. The van der Waals surface area contributed by atoms with Crippen molar-refractivity contribution in [2.75, 3.05) is 20.6 Å². The second kappa shape index (κ2) is 9.00. The van der Waals surface area contributed by atoms with Gasteiger partial charge in [-0.05, 0) is 25.4 Å². The Kier molecular flexibility index (Phi) is 6.61. The van der Waals surface area contributed by atoms with Gasteiger partial charge in [0.15, 0.2) is 0 Å². The van der Waals surface area contributed by atoms with Crippen molar-refractivity contribution in [1.29, 1.82) is 0 Å². The van der Waals surface area contributed by atoms with E-state index in [1.807, 2.05) is 39.0 Å². The fraction of sp³-hybridized carbons (Fsp3) is 0.522. The molecule has 0 aliphatic carbocycles. The second-order valence-corrected chi connectivity index (χ2v) is 9.10. The first-order valence-corrected chi connectivity index (χ1v) is 10.5. The van der Waals surface area contributed by atoms with Gasteiger partial charge in [0.1, 0.15) is 11.9 Å². The summed E-state index contributed by atoms with van der Waals surface area (Å²) >= 11 is 0. The van der Waals surface area contributed by atoms with Crippen LogP contribution in [0.5, 0.6) is 0 Å². The molecule has 0 radical (unpaired) electrons. The number of aromatic nitrogens is 2. The second-order valence-electron chi connectivity index (χ2n) is 9.10. The predicted molar refractivity (Wildman–Crippen MR) is 118 cm³/mol. The number of likely N-dealkylation sites (N-methyl/N-ethyl adjacent to an activating group) is 1. The van der Waals surface area contributed by atoms with E-state index in [0.717, 1.165) is 48.8 Å². The molecular weight excluding hydrogens is 378 g/mol. The summed E-state index contributed by atoms with van der Waals surface area (Å²) in [5, 5.41) is 5.58. The molecule has 7 heteroatoms. The Hall–Kier alpha value is -2.67. The highest BCUT2D eigenvalue weighted by molar-refractivity contribution is 5.88. The summed E-state index contributed by atoms with van der Waals surface area (Å²) in [7, 11) is 3.68. The van der Waals surface area contributed by atoms with Crippen molar-refractivity contribution in [1.82, 2.24) is 25.1 Å². The number of amides is 2. The molecule has 0 unspecified atom stereocenters. The monoisotopic (exact) mass is 411 g/mol. The molecule has 30 heavy (non-hydrogen) atoms. The van der Waals surface area contributed by atoms with Crippen LogP contribution < -0.4 is 10.6 Å². The van der Waals surface area contributed by atoms with Gasteiger partial charge in [-0.2, -0.15) is 0 Å². The van der Waals surface area contributed by atoms with Crippen molar-refractivity contribution in [2.24, 2.45) is 5.41 Å². The molecule has 0 bridgehead atoms. The minimum Gasteiger partial charge on any atom is -0.357 e. The third-order valence-corrected chi connectivity index (χ3v) is 5.54. The fourth-order valence-electron chi connectivity index (χ4n) is 3.92. The van der Waals surface area contributed by atoms with E-state index in [0.29, 0.717) is 0 Å². The van der Waals surface area contributed by atoms with E-state index < -0.39 is 11.5 Å². The molecule has 1 aromatic heterocycles. The number of hydrogen-bond donors (Lipinski definition) is 2. The van der Waals surface area contributed by atoms with Gasteiger partial charge >= 0.3 is 0 Å². The molecule has 0 saturated carbocycles. The number of nitrogens with one attached hydrogen (secondary N) is 2. The summed E-state index contributed by atoms with van der Waals surface area (Å²) in [6, 6.07) is 9.49. The minimum absolute atomic E-state index is 0.152. The fourth-order valence-corrected chi connectivity index (χ4v) is 3.92. The van der Waals surface area contributed by atoms with Crippen molar-refractivity contribution in [3.05, 3.63) is 41.7 Å². The van der Waals surface area contributed by atoms with E-state index in [1.165, 1.54) is 0 Å². The molecule has 2 amide bonds. The Balaban J connectivity index is 1.91. The van der Waals surface area contributed by atoms with Crippen LogP contribution in [0.15, 0.2) is 30.3 Å². The van der Waals surface area contributed by atoms with Crippen molar-refractivity contribution >= 4 is 11.8 Å². The molecule has 162 valence electrons. The standard InChI is InChI=1S/C23H33N5O2/c1-23(2,3)20(22(30)24-4)26-19(29)14-17-18-15-27(5)12-9-13-28(18)21(25-17)16-10-7-6-8-11-16/h6-8,10-11,20H,9,12-15H2,1-5H3,(H,24,30)(H,26,29)/t20-/m1/s1. The number of hydrogen-bond acceptors (Lipinski definition) is 4. The minimum atomic E-state index is -0.604. The largest absolute Gasteiger partial charge is 0.357 e. The zero-order chi connectivity index (χ0) is 21.9. The summed E-state index contributed by atoms with van der Waals surface area (Å²) in [5.41, 5.74) is 2.52. The quantitative estimate of drug-likeness (QED) is 0.791. The smallest absolute Gasteiger partial charge is 0.242 e. The van der Waals surface area contributed by atoms with Crippen LogP contribution in [-0.4, -0.2) is 52.9 Å². The first-order chi connectivity index (χ1) is 14.2. The maximum absolute atomic E-state index is 12.9. The van der Waals surface area contributed by atoms with Gasteiger partial charge in [0.25, 0.3) is 0 Å². The number of carbonyl (C=O) groups excluding carboxylic acids is 2. The van der Waals surface area contributed by atoms with Gasteiger partial charge in [-0.15, -0.1) is 0 Å². The molecule has 2 heterocycles. The Morgan fingerprint density at radius 1 is 1.17 bits per heavy atom. The van der Waals surface area contributed by atoms with Crippen LogP contribution in [0, 0.1) is 5.41 Å². The molecule has 2 N–H and O–H groups in total. The number of rotatable bonds is 5. The van der Waals surface area contributed by atoms with Crippen LogP contribution >= 0.6 is 0 Å². The van der Waals surface area contributed by atoms with E-state index in [9.17, 15) is 9.59 Å². The molecular formula is C23H33N5O2. The molecule has 1 aromatic carbocycles. The Bertz CT molecular complexity index is 898. The first kappa shape index (κ1) is 22.0. The molecule has 1 aliphatic heterocycles. The average Bonchev–Trinajstić information content (AvgIpc) is 2.89. The summed E-state index contributed by atoms with van der Waals surface area (Å²) in [6.45, 7) is 8.46. The number of nitrogens with zero attached hydrogens (tertiary/aromatic N) is 3. The van der Waals surface area contributed by atoms with Gasteiger partial charge in [0.2, 0.25) is 11.8 Å². The Morgan fingerprint density at radius 3 is 2.50 bits per heavy atom. The highest BCUT2D eigenvalue weighted by atomic mass is 16.2. The zero-order valence-corrected chi connectivity index (χ0v) is 18.7. The molecule has 1 atom stereocenters. The van der Waals surface area contributed by atoms with Crippen LogP contribution in [0.3, 0.4) is 0 Å². The summed E-state index contributed by atoms with van der Waals surface area (Å²) in [6.07, 6.45) is 1.19. The lowest BCUT2D eigenvalue weighted by Crippen LogP contribution is -2.53. The highest BCUT2D eigenvalue weighted by Gasteiger charge is 2.32. The molecule has 3 rings (SSSR count). The van der Waals surface area contributed by atoms with Crippen LogP contribution in [0.4, 0.5) is 0 Å². The van der Waals surface area contributed by atoms with E-state index in [-0.39, 0.29) is 18.2 Å². The van der Waals surface area contributed by atoms with Gasteiger partial charge in [0, 0.05) is 25.7 Å². The molecule has 7 nitrogen and oxygen atoms in total. The van der Waals surface area contributed by atoms with E-state index >= 15 is 0 Å². The zero-order valence-electron chi connectivity index (χ0n) is 18.7. The maximum atomic E-state index is 12.9. The number of fused-ring (bicyclic) bond motifs is 1. The first-order valence-electron chi connectivity index (χ1n) is 10.5. The van der Waals surface area contributed by atoms with Gasteiger partial charge in [-0.3, -0.25) is 9.59 Å². The molecule has 0 spiro atoms. The lowest BCUT2D eigenvalue weighted by Gasteiger charge is -2.29. The third-order valence-electron chi connectivity index (χ3n) is 5.54. The lowest BCUT2D eigenvalue weighted by atomic mass is 9.86. The van der Waals surface area contributed by atoms with Crippen LogP contribution in [0.2, 0.25) is 0 Å². The molecule has 0 saturated heterocycles. The Labute approximate surface area is 178 Å². The molecule has 2 aromatic rings. The van der Waals surface area contributed by atoms with Crippen molar-refractivity contribution in [3.8, 4) is 11.4 Å². The van der Waals surface area contributed by atoms with Gasteiger partial charge in [0.05, 0.1) is 17.8 Å². The number of benzene rings is 1. The number of carbonyl (C=O) groups is 2. The van der Waals surface area contributed by atoms with E-state index in [4.69, 9.17) is 4.98 Å². The van der Waals surface area contributed by atoms with Crippen LogP contribution in [0.1, 0.15) is 38.6 Å². The summed E-state index contributed by atoms with van der Waals surface area (Å²) in [5.74, 6) is 0.525. The van der Waals surface area contributed by atoms with Gasteiger partial charge < -0.3 is 20.1 Å². The lowest BCUT2D eigenvalue weighted by molar-refractivity contribution is -0.131. The molecule has 1 aliphatic rings. The van der Waals surface area contributed by atoms with Crippen LogP contribution in [0.25, 0.3) is 11.4 Å². The third kappa shape index (κ3) is 4.90. The van der Waals surface area contributed by atoms with E-state index in [1.54, 1.807) is 7.05 Å². The highest BCUT2D eigenvalue weighted by Crippen LogP contribution is 2.26. The van der Waals surface area contributed by atoms with Gasteiger partial charge in [-0.1, -0.05) is 51.1 Å². The van der Waals surface area contributed by atoms with E-state index in [2.05, 4.69) is 39.3 Å². The molecule has 0 fully saturated rings. The summed E-state index contributed by atoms with van der Waals surface area (Å²) in [4.78, 5) is 32.4. The van der Waals surface area contributed by atoms with Crippen molar-refractivity contribution in [2.45, 2.75) is 52.7 Å². The SMILES string of the molecule is CNC(=O)[C@@H](NC(=O)Cc1nc(-c2ccccc2)n2c1CN(C)CCC2)C(C)(C)C. The number of imidazole rings is 1. The van der Waals surface area contributed by atoms with Gasteiger partial charge in [-0.25, -0.2) is 4.98 Å². The Morgan fingerprint density at radius 2 is 1.87 bits per heavy atom. The predicted octanol–water partition coefficient (Wildman–Crippen LogP) is 2.20.